The molecule has 0 aromatic heterocycles. The van der Waals surface area contributed by atoms with Crippen LogP contribution in [-0.4, -0.2) is 74.3 Å². The van der Waals surface area contributed by atoms with Gasteiger partial charge in [-0.3, -0.25) is 0 Å². The summed E-state index contributed by atoms with van der Waals surface area (Å²) >= 11 is 0. The van der Waals surface area contributed by atoms with Crippen LogP contribution >= 0.6 is 0 Å². The van der Waals surface area contributed by atoms with Crippen molar-refractivity contribution in [3.05, 3.63) is 0 Å². The number of hydrogen-bond acceptors (Lipinski definition) is 4. The maximum absolute atomic E-state index is 12.1. The zero-order valence-electron chi connectivity index (χ0n) is 15.6. The molecule has 2 rings (SSSR count). The molecule has 0 aromatic rings. The van der Waals surface area contributed by atoms with E-state index in [9.17, 15) is 4.79 Å². The summed E-state index contributed by atoms with van der Waals surface area (Å²) in [5.74, 6) is 0.798. The Morgan fingerprint density at radius 3 is 2.38 bits per heavy atom. The summed E-state index contributed by atoms with van der Waals surface area (Å²) < 4.78 is 10.7. The highest BCUT2D eigenvalue weighted by molar-refractivity contribution is 5.95. The fourth-order valence-corrected chi connectivity index (χ4v) is 3.24. The van der Waals surface area contributed by atoms with E-state index in [0.29, 0.717) is 19.8 Å². The molecular weight excluding hydrogens is 306 g/mol. The maximum atomic E-state index is 12.1. The zero-order chi connectivity index (χ0) is 17.4. The van der Waals surface area contributed by atoms with E-state index in [4.69, 9.17) is 9.47 Å². The first-order chi connectivity index (χ1) is 11.5. The Bertz CT molecular complexity index is 420. The fraction of sp³-hybridized carbons (Fsp3) is 0.889. The number of hydrogen-bond donors (Lipinski definition) is 0. The molecule has 0 N–H and O–H groups in total. The first kappa shape index (κ1) is 19.2. The van der Waals surface area contributed by atoms with Crippen molar-refractivity contribution in [1.29, 1.82) is 0 Å². The lowest BCUT2D eigenvalue weighted by atomic mass is 9.93. The van der Waals surface area contributed by atoms with E-state index >= 15 is 0 Å². The maximum Gasteiger partial charge on any atom is 0.435 e. The number of amides is 1. The number of aliphatic imine (C=N–C) groups is 1. The molecule has 0 radical (unpaired) electrons. The Morgan fingerprint density at radius 2 is 1.75 bits per heavy atom. The molecule has 2 aliphatic rings. The van der Waals surface area contributed by atoms with Crippen LogP contribution in [-0.2, 0) is 9.47 Å². The lowest BCUT2D eigenvalue weighted by molar-refractivity contribution is 0.0642. The Kier molecular flexibility index (Phi) is 7.49. The third-order valence-corrected chi connectivity index (χ3v) is 4.47. The van der Waals surface area contributed by atoms with Crippen molar-refractivity contribution in [3.8, 4) is 0 Å². The van der Waals surface area contributed by atoms with E-state index in [1.165, 1.54) is 32.4 Å². The van der Waals surface area contributed by atoms with Crippen molar-refractivity contribution in [2.24, 2.45) is 10.4 Å². The van der Waals surface area contributed by atoms with Gasteiger partial charge in [0.05, 0.1) is 19.8 Å². The number of carbonyl (C=O) groups is 1. The summed E-state index contributed by atoms with van der Waals surface area (Å²) in [6.45, 7) is 12.9. The number of ether oxygens (including phenoxy) is 2. The van der Waals surface area contributed by atoms with Gasteiger partial charge >= 0.3 is 6.09 Å². The van der Waals surface area contributed by atoms with Gasteiger partial charge in [-0.1, -0.05) is 27.2 Å². The van der Waals surface area contributed by atoms with Crippen LogP contribution in [0, 0.1) is 5.41 Å². The van der Waals surface area contributed by atoms with E-state index in [2.05, 4.69) is 35.6 Å². The molecule has 0 bridgehead atoms. The first-order valence-electron chi connectivity index (χ1n) is 9.28. The summed E-state index contributed by atoms with van der Waals surface area (Å²) in [7, 11) is 0. The van der Waals surface area contributed by atoms with Crippen molar-refractivity contribution in [1.82, 2.24) is 9.80 Å². The molecule has 138 valence electrons. The van der Waals surface area contributed by atoms with Gasteiger partial charge in [-0.2, -0.15) is 4.99 Å². The van der Waals surface area contributed by atoms with Gasteiger partial charge in [-0.05, 0) is 32.4 Å². The van der Waals surface area contributed by atoms with Gasteiger partial charge < -0.3 is 19.3 Å². The molecule has 2 fully saturated rings. The smallest absolute Gasteiger partial charge is 0.435 e. The fourth-order valence-electron chi connectivity index (χ4n) is 3.24. The van der Waals surface area contributed by atoms with Gasteiger partial charge in [-0.25, -0.2) is 4.79 Å². The van der Waals surface area contributed by atoms with E-state index in [1.807, 2.05) is 0 Å². The number of likely N-dealkylation sites (tertiary alicyclic amines) is 1. The minimum atomic E-state index is -0.468. The summed E-state index contributed by atoms with van der Waals surface area (Å²) in [5, 5.41) is 0. The highest BCUT2D eigenvalue weighted by atomic mass is 16.5. The molecule has 0 unspecified atom stereocenters. The molecule has 0 atom stereocenters. The summed E-state index contributed by atoms with van der Waals surface area (Å²) in [6.07, 6.45) is 4.34. The lowest BCUT2D eigenvalue weighted by Crippen LogP contribution is -2.46. The molecule has 0 spiro atoms. The second kappa shape index (κ2) is 9.37. The molecule has 1 amide bonds. The molecule has 0 saturated carbocycles. The Hall–Kier alpha value is -1.14. The highest BCUT2D eigenvalue weighted by Crippen LogP contribution is 2.20. The molecule has 0 aliphatic carbocycles. The lowest BCUT2D eigenvalue weighted by Gasteiger charge is -2.35. The SMILES string of the molecule is CC(C)(C)C(=NC(=O)OCCCN1CCCCC1)N1CCOCC1. The monoisotopic (exact) mass is 339 g/mol. The minimum Gasteiger partial charge on any atom is -0.448 e. The predicted octanol–water partition coefficient (Wildman–Crippen LogP) is 2.78. The van der Waals surface area contributed by atoms with Gasteiger partial charge in [0, 0.05) is 25.0 Å². The average molecular weight is 339 g/mol. The molecule has 2 aliphatic heterocycles. The molecular formula is C18H33N3O3. The third-order valence-electron chi connectivity index (χ3n) is 4.47. The van der Waals surface area contributed by atoms with Gasteiger partial charge in [0.2, 0.25) is 0 Å². The number of amidine groups is 1. The van der Waals surface area contributed by atoms with Crippen molar-refractivity contribution in [2.45, 2.75) is 46.5 Å². The van der Waals surface area contributed by atoms with Crippen LogP contribution in [0.3, 0.4) is 0 Å². The summed E-state index contributed by atoms with van der Waals surface area (Å²) in [4.78, 5) is 21.0. The molecule has 24 heavy (non-hydrogen) atoms. The van der Waals surface area contributed by atoms with Crippen LogP contribution in [0.5, 0.6) is 0 Å². The van der Waals surface area contributed by atoms with Gasteiger partial charge in [0.15, 0.2) is 0 Å². The summed E-state index contributed by atoms with van der Waals surface area (Å²) in [5.41, 5.74) is -0.190. The van der Waals surface area contributed by atoms with Crippen LogP contribution in [0.25, 0.3) is 0 Å². The van der Waals surface area contributed by atoms with Gasteiger partial charge in [-0.15, -0.1) is 0 Å². The number of nitrogens with zero attached hydrogens (tertiary/aromatic N) is 3. The van der Waals surface area contributed by atoms with Crippen LogP contribution in [0.15, 0.2) is 4.99 Å². The number of piperidine rings is 1. The van der Waals surface area contributed by atoms with E-state index in [-0.39, 0.29) is 5.41 Å². The normalized spacial score (nSPS) is 21.0. The second-order valence-corrected chi connectivity index (χ2v) is 7.66. The number of rotatable bonds is 4. The van der Waals surface area contributed by atoms with Gasteiger partial charge in [0.1, 0.15) is 5.84 Å². The van der Waals surface area contributed by atoms with E-state index in [0.717, 1.165) is 31.9 Å². The standard InChI is InChI=1S/C18H33N3O3/c1-18(2,3)16(21-11-14-23-15-12-21)19-17(22)24-13-7-10-20-8-5-4-6-9-20/h4-15H2,1-3H3. The van der Waals surface area contributed by atoms with Crippen LogP contribution in [0.2, 0.25) is 0 Å². The molecule has 2 heterocycles. The largest absolute Gasteiger partial charge is 0.448 e. The van der Waals surface area contributed by atoms with Crippen molar-refractivity contribution < 1.29 is 14.3 Å². The zero-order valence-corrected chi connectivity index (χ0v) is 15.6. The van der Waals surface area contributed by atoms with Crippen LogP contribution in [0.4, 0.5) is 4.79 Å². The quantitative estimate of drug-likeness (QED) is 0.448. The summed E-state index contributed by atoms with van der Waals surface area (Å²) in [6, 6.07) is 0. The van der Waals surface area contributed by atoms with Crippen molar-refractivity contribution in [2.75, 3.05) is 52.5 Å². The Balaban J connectivity index is 1.78. The van der Waals surface area contributed by atoms with E-state index < -0.39 is 6.09 Å². The van der Waals surface area contributed by atoms with Crippen LogP contribution < -0.4 is 0 Å². The highest BCUT2D eigenvalue weighted by Gasteiger charge is 2.27. The predicted molar refractivity (Wildman–Crippen MR) is 95.5 cm³/mol. The first-order valence-corrected chi connectivity index (χ1v) is 9.28. The molecule has 6 nitrogen and oxygen atoms in total. The van der Waals surface area contributed by atoms with Crippen molar-refractivity contribution >= 4 is 11.9 Å². The average Bonchev–Trinajstić information content (AvgIpc) is 2.57. The van der Waals surface area contributed by atoms with E-state index in [1.54, 1.807) is 0 Å². The minimum absolute atomic E-state index is 0.190. The molecule has 0 aromatic carbocycles. The second-order valence-electron chi connectivity index (χ2n) is 7.66. The molecule has 6 heteroatoms. The van der Waals surface area contributed by atoms with Crippen molar-refractivity contribution in [3.63, 3.8) is 0 Å². The van der Waals surface area contributed by atoms with Crippen LogP contribution in [0.1, 0.15) is 46.5 Å². The third kappa shape index (κ3) is 6.40. The van der Waals surface area contributed by atoms with Gasteiger partial charge in [0.25, 0.3) is 0 Å². The topological polar surface area (TPSA) is 54.4 Å². The number of morpholine rings is 1. The molecule has 2 saturated heterocycles. The number of carbonyl (C=O) groups excluding carboxylic acids is 1. The Labute approximate surface area is 146 Å². The Morgan fingerprint density at radius 1 is 1.08 bits per heavy atom.